The molecule has 0 rings (SSSR count). The summed E-state index contributed by atoms with van der Waals surface area (Å²) in [6, 6.07) is 0. The van der Waals surface area contributed by atoms with Gasteiger partial charge in [0, 0.05) is 13.6 Å². The molecule has 0 saturated carbocycles. The summed E-state index contributed by atoms with van der Waals surface area (Å²) in [6.07, 6.45) is 0.110. The molecule has 5 nitrogen and oxygen atoms in total. The Balaban J connectivity index is 3.66. The van der Waals surface area contributed by atoms with Crippen LogP contribution in [0.15, 0.2) is 0 Å². The second-order valence-corrected chi connectivity index (χ2v) is 4.44. The van der Waals surface area contributed by atoms with Crippen molar-refractivity contribution in [2.24, 2.45) is 5.14 Å². The Bertz CT molecular complexity index is 213. The number of nitrogens with two attached hydrogens (primary N) is 1. The molecule has 0 aliphatic rings. The van der Waals surface area contributed by atoms with Crippen molar-refractivity contribution in [2.45, 2.75) is 20.0 Å². The minimum Gasteiger partial charge on any atom is -0.377 e. The number of likely N-dealkylation sites (N-methyl/N-ethyl adjacent to an activating group) is 1. The monoisotopic (exact) mass is 196 g/mol. The van der Waals surface area contributed by atoms with Crippen LogP contribution < -0.4 is 5.14 Å². The maximum absolute atomic E-state index is 10.7. The predicted octanol–water partition coefficient (Wildman–Crippen LogP) is -0.453. The molecule has 0 unspecified atom stereocenters. The zero-order valence-corrected chi connectivity index (χ0v) is 8.47. The summed E-state index contributed by atoms with van der Waals surface area (Å²) < 4.78 is 27.5. The highest BCUT2D eigenvalue weighted by atomic mass is 32.2. The molecule has 0 aliphatic carbocycles. The average molecular weight is 196 g/mol. The maximum atomic E-state index is 10.7. The first kappa shape index (κ1) is 11.8. The maximum Gasteiger partial charge on any atom is 0.276 e. The summed E-state index contributed by atoms with van der Waals surface area (Å²) in [7, 11) is -2.13. The van der Waals surface area contributed by atoms with Crippen LogP contribution >= 0.6 is 0 Å². The summed E-state index contributed by atoms with van der Waals surface area (Å²) >= 11 is 0. The Morgan fingerprint density at radius 2 is 2.00 bits per heavy atom. The van der Waals surface area contributed by atoms with Gasteiger partial charge in [0.2, 0.25) is 0 Å². The van der Waals surface area contributed by atoms with Gasteiger partial charge in [0.1, 0.15) is 0 Å². The number of hydrogen-bond acceptors (Lipinski definition) is 3. The third-order valence-corrected chi connectivity index (χ3v) is 2.34. The molecule has 0 bridgehead atoms. The van der Waals surface area contributed by atoms with Crippen LogP contribution in [0.5, 0.6) is 0 Å². The van der Waals surface area contributed by atoms with Crippen LogP contribution in [0, 0.1) is 0 Å². The predicted molar refractivity (Wildman–Crippen MR) is 46.8 cm³/mol. The minimum absolute atomic E-state index is 0.110. The molecule has 0 aromatic carbocycles. The fraction of sp³-hybridized carbons (Fsp3) is 1.00. The van der Waals surface area contributed by atoms with E-state index in [0.717, 1.165) is 4.31 Å². The van der Waals surface area contributed by atoms with E-state index < -0.39 is 10.2 Å². The van der Waals surface area contributed by atoms with Gasteiger partial charge in [-0.05, 0) is 13.8 Å². The van der Waals surface area contributed by atoms with E-state index in [-0.39, 0.29) is 12.6 Å². The number of rotatable bonds is 5. The lowest BCUT2D eigenvalue weighted by molar-refractivity contribution is 0.0737. The van der Waals surface area contributed by atoms with E-state index in [1.165, 1.54) is 7.05 Å². The molecular weight excluding hydrogens is 180 g/mol. The van der Waals surface area contributed by atoms with Crippen LogP contribution in [0.1, 0.15) is 13.8 Å². The van der Waals surface area contributed by atoms with Crippen molar-refractivity contribution in [1.29, 1.82) is 0 Å². The lowest BCUT2D eigenvalue weighted by Gasteiger charge is -2.14. The van der Waals surface area contributed by atoms with E-state index in [4.69, 9.17) is 9.88 Å². The first-order valence-corrected chi connectivity index (χ1v) is 5.20. The van der Waals surface area contributed by atoms with Crippen LogP contribution in [-0.4, -0.2) is 39.0 Å². The lowest BCUT2D eigenvalue weighted by Crippen LogP contribution is -2.35. The van der Waals surface area contributed by atoms with Crippen molar-refractivity contribution in [3.63, 3.8) is 0 Å². The first-order valence-electron chi connectivity index (χ1n) is 3.69. The van der Waals surface area contributed by atoms with Crippen molar-refractivity contribution in [3.8, 4) is 0 Å². The van der Waals surface area contributed by atoms with Gasteiger partial charge < -0.3 is 4.74 Å². The van der Waals surface area contributed by atoms with E-state index in [1.54, 1.807) is 0 Å². The highest BCUT2D eigenvalue weighted by Gasteiger charge is 2.10. The quantitative estimate of drug-likeness (QED) is 0.647. The van der Waals surface area contributed by atoms with Gasteiger partial charge in [0.25, 0.3) is 10.2 Å². The Morgan fingerprint density at radius 1 is 1.50 bits per heavy atom. The number of nitrogens with zero attached hydrogens (tertiary/aromatic N) is 1. The molecule has 0 spiro atoms. The van der Waals surface area contributed by atoms with E-state index >= 15 is 0 Å². The first-order chi connectivity index (χ1) is 5.34. The van der Waals surface area contributed by atoms with Gasteiger partial charge in [0.05, 0.1) is 12.7 Å². The lowest BCUT2D eigenvalue weighted by atomic mass is 10.5. The van der Waals surface area contributed by atoms with Crippen molar-refractivity contribution in [3.05, 3.63) is 0 Å². The fourth-order valence-corrected chi connectivity index (χ4v) is 0.873. The highest BCUT2D eigenvalue weighted by molar-refractivity contribution is 7.86. The van der Waals surface area contributed by atoms with E-state index in [9.17, 15) is 8.42 Å². The zero-order chi connectivity index (χ0) is 9.78. The summed E-state index contributed by atoms with van der Waals surface area (Å²) in [5, 5.41) is 4.84. The van der Waals surface area contributed by atoms with Gasteiger partial charge >= 0.3 is 0 Å². The van der Waals surface area contributed by atoms with Crippen molar-refractivity contribution in [2.75, 3.05) is 20.2 Å². The van der Waals surface area contributed by atoms with Gasteiger partial charge in [-0.1, -0.05) is 0 Å². The zero-order valence-electron chi connectivity index (χ0n) is 7.65. The molecule has 0 aromatic heterocycles. The molecule has 0 heterocycles. The molecule has 6 heteroatoms. The molecule has 0 radical (unpaired) electrons. The molecular formula is C6H16N2O3S. The standard InChI is InChI=1S/C6H16N2O3S/c1-6(2)11-5-4-8(3)12(7,9)10/h6H,4-5H2,1-3H3,(H2,7,9,10). The largest absolute Gasteiger partial charge is 0.377 e. The fourth-order valence-electron chi connectivity index (χ4n) is 0.544. The van der Waals surface area contributed by atoms with Crippen LogP contribution in [0.2, 0.25) is 0 Å². The van der Waals surface area contributed by atoms with Gasteiger partial charge in [-0.15, -0.1) is 0 Å². The van der Waals surface area contributed by atoms with Crippen LogP contribution in [0.25, 0.3) is 0 Å². The van der Waals surface area contributed by atoms with Crippen molar-refractivity contribution >= 4 is 10.2 Å². The highest BCUT2D eigenvalue weighted by Crippen LogP contribution is 1.91. The Labute approximate surface area is 73.7 Å². The molecule has 12 heavy (non-hydrogen) atoms. The Morgan fingerprint density at radius 3 is 2.33 bits per heavy atom. The molecule has 0 aliphatic heterocycles. The Hall–Kier alpha value is -0.170. The minimum atomic E-state index is -3.55. The van der Waals surface area contributed by atoms with Crippen molar-refractivity contribution < 1.29 is 13.2 Å². The summed E-state index contributed by atoms with van der Waals surface area (Å²) in [6.45, 7) is 4.43. The van der Waals surface area contributed by atoms with Crippen LogP contribution in [-0.2, 0) is 14.9 Å². The molecule has 2 N–H and O–H groups in total. The summed E-state index contributed by atoms with van der Waals surface area (Å²) in [4.78, 5) is 0. The van der Waals surface area contributed by atoms with Gasteiger partial charge in [0.15, 0.2) is 0 Å². The van der Waals surface area contributed by atoms with Crippen molar-refractivity contribution in [1.82, 2.24) is 4.31 Å². The van der Waals surface area contributed by atoms with E-state index in [1.807, 2.05) is 13.8 Å². The summed E-state index contributed by atoms with van der Waals surface area (Å²) in [5.41, 5.74) is 0. The van der Waals surface area contributed by atoms with Crippen LogP contribution in [0.3, 0.4) is 0 Å². The topological polar surface area (TPSA) is 72.6 Å². The molecule has 0 aromatic rings. The molecule has 0 atom stereocenters. The van der Waals surface area contributed by atoms with E-state index in [0.29, 0.717) is 6.61 Å². The van der Waals surface area contributed by atoms with Gasteiger partial charge in [-0.25, -0.2) is 5.14 Å². The number of hydrogen-bond donors (Lipinski definition) is 1. The normalized spacial score (nSPS) is 12.8. The van der Waals surface area contributed by atoms with Gasteiger partial charge in [-0.3, -0.25) is 0 Å². The van der Waals surface area contributed by atoms with E-state index in [2.05, 4.69) is 0 Å². The molecule has 0 fully saturated rings. The molecule has 0 saturated heterocycles. The third kappa shape index (κ3) is 5.48. The summed E-state index contributed by atoms with van der Waals surface area (Å²) in [5.74, 6) is 0. The third-order valence-electron chi connectivity index (χ3n) is 1.29. The second kappa shape index (κ2) is 4.76. The Kier molecular flexibility index (Phi) is 4.69. The van der Waals surface area contributed by atoms with Crippen LogP contribution in [0.4, 0.5) is 0 Å². The molecule has 0 amide bonds. The van der Waals surface area contributed by atoms with Gasteiger partial charge in [-0.2, -0.15) is 12.7 Å². The smallest absolute Gasteiger partial charge is 0.276 e. The molecule has 74 valence electrons. The average Bonchev–Trinajstić information content (AvgIpc) is 1.84. The SMILES string of the molecule is CC(C)OCCN(C)S(N)(=O)=O. The second-order valence-electron chi connectivity index (χ2n) is 2.79. The number of ether oxygens (including phenoxy) is 1.